The van der Waals surface area contributed by atoms with Crippen molar-refractivity contribution in [1.82, 2.24) is 9.29 Å². The summed E-state index contributed by atoms with van der Waals surface area (Å²) < 4.78 is 40.0. The highest BCUT2D eigenvalue weighted by molar-refractivity contribution is 7.89. The Kier molecular flexibility index (Phi) is 5.67. The molecule has 0 radical (unpaired) electrons. The molecule has 0 bridgehead atoms. The van der Waals surface area contributed by atoms with Crippen molar-refractivity contribution in [3.05, 3.63) is 76.5 Å². The number of nitrogens with zero attached hydrogens (tertiary/aromatic N) is 3. The Morgan fingerprint density at radius 2 is 1.66 bits per heavy atom. The number of halogens is 1. The molecule has 0 spiro atoms. The van der Waals surface area contributed by atoms with Gasteiger partial charge in [-0.3, -0.25) is 0 Å². The van der Waals surface area contributed by atoms with Gasteiger partial charge in [-0.05, 0) is 36.8 Å². The Bertz CT molecular complexity index is 1070. The van der Waals surface area contributed by atoms with Crippen molar-refractivity contribution >= 4 is 26.5 Å². The molecule has 29 heavy (non-hydrogen) atoms. The first-order valence-corrected chi connectivity index (χ1v) is 11.7. The molecule has 5 nitrogen and oxygen atoms in total. The Hall–Kier alpha value is -2.29. The van der Waals surface area contributed by atoms with E-state index < -0.39 is 15.8 Å². The lowest BCUT2D eigenvalue weighted by Crippen LogP contribution is -2.48. The van der Waals surface area contributed by atoms with E-state index >= 15 is 0 Å². The summed E-state index contributed by atoms with van der Waals surface area (Å²) in [6, 6.07) is 13.4. The fourth-order valence-electron chi connectivity index (χ4n) is 3.31. The normalized spacial score (nSPS) is 15.6. The molecule has 1 aromatic heterocycles. The largest absolute Gasteiger partial charge is 0.345 e. The zero-order chi connectivity index (χ0) is 20.4. The smallest absolute Gasteiger partial charge is 0.243 e. The van der Waals surface area contributed by atoms with Crippen LogP contribution in [0, 0.1) is 12.7 Å². The Morgan fingerprint density at radius 1 is 1.00 bits per heavy atom. The summed E-state index contributed by atoms with van der Waals surface area (Å²) in [7, 11) is -3.60. The minimum absolute atomic E-state index is 0.127. The lowest BCUT2D eigenvalue weighted by Gasteiger charge is -2.33. The number of aryl methyl sites for hydroxylation is 1. The number of hydrogen-bond acceptors (Lipinski definition) is 5. The molecule has 0 amide bonds. The lowest BCUT2D eigenvalue weighted by molar-refractivity contribution is 0.384. The number of hydrogen-bond donors (Lipinski definition) is 0. The number of sulfonamides is 1. The monoisotopic (exact) mass is 431 g/mol. The van der Waals surface area contributed by atoms with Crippen molar-refractivity contribution in [2.45, 2.75) is 18.2 Å². The molecule has 0 saturated carbocycles. The number of benzene rings is 2. The van der Waals surface area contributed by atoms with Crippen LogP contribution in [0.3, 0.4) is 0 Å². The Labute approximate surface area is 174 Å². The zero-order valence-corrected chi connectivity index (χ0v) is 17.7. The lowest BCUT2D eigenvalue weighted by atomic mass is 10.1. The summed E-state index contributed by atoms with van der Waals surface area (Å²) in [5, 5.41) is 2.99. The molecular formula is C21H22FN3O2S2. The van der Waals surface area contributed by atoms with E-state index in [-0.39, 0.29) is 4.90 Å². The van der Waals surface area contributed by atoms with E-state index in [0.29, 0.717) is 26.2 Å². The fraction of sp³-hybridized carbons (Fsp3) is 0.286. The predicted molar refractivity (Wildman–Crippen MR) is 113 cm³/mol. The molecule has 2 aromatic carbocycles. The maximum atomic E-state index is 13.1. The van der Waals surface area contributed by atoms with Crippen LogP contribution in [0.2, 0.25) is 0 Å². The maximum Gasteiger partial charge on any atom is 0.243 e. The van der Waals surface area contributed by atoms with E-state index in [1.54, 1.807) is 11.3 Å². The molecule has 152 valence electrons. The SMILES string of the molecule is Cc1ccc(Cc2csc(N3CCN(S(=O)(=O)c4ccc(F)cc4)CC3)n2)cc1. The van der Waals surface area contributed by atoms with Crippen LogP contribution in [0.15, 0.2) is 58.8 Å². The molecule has 0 atom stereocenters. The van der Waals surface area contributed by atoms with Crippen molar-refractivity contribution in [2.24, 2.45) is 0 Å². The van der Waals surface area contributed by atoms with Gasteiger partial charge in [0.15, 0.2) is 5.13 Å². The van der Waals surface area contributed by atoms with Gasteiger partial charge in [-0.2, -0.15) is 4.31 Å². The van der Waals surface area contributed by atoms with Crippen LogP contribution < -0.4 is 4.90 Å². The van der Waals surface area contributed by atoms with E-state index in [1.807, 2.05) is 0 Å². The first-order chi connectivity index (χ1) is 13.9. The minimum Gasteiger partial charge on any atom is -0.345 e. The molecule has 0 aliphatic carbocycles. The van der Waals surface area contributed by atoms with Gasteiger partial charge in [0, 0.05) is 38.0 Å². The Balaban J connectivity index is 1.39. The molecular weight excluding hydrogens is 409 g/mol. The van der Waals surface area contributed by atoms with Crippen LogP contribution in [0.25, 0.3) is 0 Å². The van der Waals surface area contributed by atoms with Gasteiger partial charge in [-0.1, -0.05) is 29.8 Å². The number of anilines is 1. The van der Waals surface area contributed by atoms with Gasteiger partial charge in [0.2, 0.25) is 10.0 Å². The van der Waals surface area contributed by atoms with Crippen LogP contribution >= 0.6 is 11.3 Å². The minimum atomic E-state index is -3.60. The summed E-state index contributed by atoms with van der Waals surface area (Å²) in [5.74, 6) is -0.445. The zero-order valence-electron chi connectivity index (χ0n) is 16.1. The van der Waals surface area contributed by atoms with Gasteiger partial charge in [-0.15, -0.1) is 11.3 Å². The molecule has 0 unspecified atom stereocenters. The Morgan fingerprint density at radius 3 is 2.31 bits per heavy atom. The molecule has 8 heteroatoms. The third-order valence-corrected chi connectivity index (χ3v) is 7.87. The molecule has 1 fully saturated rings. The fourth-order valence-corrected chi connectivity index (χ4v) is 5.61. The average molecular weight is 432 g/mol. The van der Waals surface area contributed by atoms with Gasteiger partial charge in [0.1, 0.15) is 5.82 Å². The number of thiazole rings is 1. The van der Waals surface area contributed by atoms with Gasteiger partial charge >= 0.3 is 0 Å². The van der Waals surface area contributed by atoms with E-state index in [9.17, 15) is 12.8 Å². The van der Waals surface area contributed by atoms with Gasteiger partial charge in [0.25, 0.3) is 0 Å². The molecule has 1 aliphatic rings. The maximum absolute atomic E-state index is 13.1. The van der Waals surface area contributed by atoms with Crippen molar-refractivity contribution in [2.75, 3.05) is 31.1 Å². The quantitative estimate of drug-likeness (QED) is 0.618. The second-order valence-electron chi connectivity index (χ2n) is 7.13. The number of rotatable bonds is 5. The highest BCUT2D eigenvalue weighted by atomic mass is 32.2. The molecule has 1 aliphatic heterocycles. The van der Waals surface area contributed by atoms with E-state index in [0.717, 1.165) is 17.2 Å². The van der Waals surface area contributed by atoms with Crippen molar-refractivity contribution in [3.63, 3.8) is 0 Å². The van der Waals surface area contributed by atoms with E-state index in [4.69, 9.17) is 4.98 Å². The predicted octanol–water partition coefficient (Wildman–Crippen LogP) is 3.69. The number of aromatic nitrogens is 1. The highest BCUT2D eigenvalue weighted by Crippen LogP contribution is 2.25. The van der Waals surface area contributed by atoms with Gasteiger partial charge in [-0.25, -0.2) is 17.8 Å². The molecule has 1 saturated heterocycles. The van der Waals surface area contributed by atoms with Crippen LogP contribution in [0.4, 0.5) is 9.52 Å². The summed E-state index contributed by atoms with van der Waals surface area (Å²) in [4.78, 5) is 6.99. The first-order valence-electron chi connectivity index (χ1n) is 9.42. The average Bonchev–Trinajstić information content (AvgIpc) is 3.19. The van der Waals surface area contributed by atoms with Crippen LogP contribution in [-0.2, 0) is 16.4 Å². The van der Waals surface area contributed by atoms with E-state index in [1.165, 1.54) is 39.7 Å². The summed E-state index contributed by atoms with van der Waals surface area (Å²) in [6.45, 7) is 4.00. The third kappa shape index (κ3) is 4.49. The summed E-state index contributed by atoms with van der Waals surface area (Å²) >= 11 is 1.59. The summed E-state index contributed by atoms with van der Waals surface area (Å²) in [5.41, 5.74) is 3.49. The van der Waals surface area contributed by atoms with Crippen molar-refractivity contribution in [3.8, 4) is 0 Å². The standard InChI is InChI=1S/C21H22FN3O2S2/c1-16-2-4-17(5-3-16)14-19-15-28-21(23-19)24-10-12-25(13-11-24)29(26,27)20-8-6-18(22)7-9-20/h2-9,15H,10-14H2,1H3. The second-order valence-corrected chi connectivity index (χ2v) is 9.90. The van der Waals surface area contributed by atoms with Gasteiger partial charge in [0.05, 0.1) is 10.6 Å². The van der Waals surface area contributed by atoms with E-state index in [2.05, 4.69) is 41.5 Å². The van der Waals surface area contributed by atoms with Crippen LogP contribution in [-0.4, -0.2) is 43.9 Å². The highest BCUT2D eigenvalue weighted by Gasteiger charge is 2.29. The van der Waals surface area contributed by atoms with Crippen LogP contribution in [0.1, 0.15) is 16.8 Å². The van der Waals surface area contributed by atoms with Crippen molar-refractivity contribution in [1.29, 1.82) is 0 Å². The second kappa shape index (κ2) is 8.22. The molecule has 2 heterocycles. The number of piperazine rings is 1. The molecule has 0 N–H and O–H groups in total. The topological polar surface area (TPSA) is 53.5 Å². The molecule has 3 aromatic rings. The van der Waals surface area contributed by atoms with Crippen LogP contribution in [0.5, 0.6) is 0 Å². The van der Waals surface area contributed by atoms with Gasteiger partial charge < -0.3 is 4.90 Å². The molecule has 4 rings (SSSR count). The van der Waals surface area contributed by atoms with Crippen molar-refractivity contribution < 1.29 is 12.8 Å². The summed E-state index contributed by atoms with van der Waals surface area (Å²) in [6.07, 6.45) is 0.787. The third-order valence-electron chi connectivity index (χ3n) is 5.01. The first kappa shape index (κ1) is 20.0.